The van der Waals surface area contributed by atoms with Crippen molar-refractivity contribution in [3.8, 4) is 6.07 Å². The van der Waals surface area contributed by atoms with Crippen LogP contribution >= 0.6 is 11.3 Å². The molecule has 0 saturated heterocycles. The first kappa shape index (κ1) is 7.19. The first-order valence-electron chi connectivity index (χ1n) is 2.79. The van der Waals surface area contributed by atoms with Gasteiger partial charge in [0.05, 0.1) is 12.5 Å². The molecule has 3 nitrogen and oxygen atoms in total. The molecule has 1 aromatic rings. The van der Waals surface area contributed by atoms with Crippen LogP contribution in [-0.2, 0) is 0 Å². The predicted octanol–water partition coefficient (Wildman–Crippen LogP) is 1.09. The van der Waals surface area contributed by atoms with Crippen LogP contribution in [0.15, 0.2) is 11.6 Å². The molecule has 0 amide bonds. The van der Waals surface area contributed by atoms with Gasteiger partial charge >= 0.3 is 0 Å². The minimum Gasteiger partial charge on any atom is -0.385 e. The molecule has 4 heteroatoms. The molecule has 1 heterocycles. The van der Waals surface area contributed by atoms with Crippen molar-refractivity contribution >= 4 is 11.3 Å². The number of thiazole rings is 1. The Kier molecular flexibility index (Phi) is 2.37. The van der Waals surface area contributed by atoms with Gasteiger partial charge in [-0.1, -0.05) is 0 Å². The summed E-state index contributed by atoms with van der Waals surface area (Å²) in [5, 5.41) is 19.7. The SMILES string of the molecule is N#CCC(O)c1nccs1. The average molecular weight is 154 g/mol. The molecule has 0 spiro atoms. The van der Waals surface area contributed by atoms with Gasteiger partial charge in [0.1, 0.15) is 11.1 Å². The van der Waals surface area contributed by atoms with E-state index in [1.165, 1.54) is 11.3 Å². The number of hydrogen-bond donors (Lipinski definition) is 1. The second-order valence-corrected chi connectivity index (χ2v) is 2.67. The second kappa shape index (κ2) is 3.30. The van der Waals surface area contributed by atoms with Crippen molar-refractivity contribution in [2.75, 3.05) is 0 Å². The molecule has 1 unspecified atom stereocenters. The summed E-state index contributed by atoms with van der Waals surface area (Å²) in [6, 6.07) is 1.87. The molecule has 0 bridgehead atoms. The molecule has 10 heavy (non-hydrogen) atoms. The lowest BCUT2D eigenvalue weighted by atomic mass is 10.3. The van der Waals surface area contributed by atoms with E-state index in [-0.39, 0.29) is 6.42 Å². The highest BCUT2D eigenvalue weighted by atomic mass is 32.1. The van der Waals surface area contributed by atoms with Crippen LogP contribution < -0.4 is 0 Å². The molecule has 1 rings (SSSR count). The number of rotatable bonds is 2. The van der Waals surface area contributed by atoms with Crippen molar-refractivity contribution in [1.29, 1.82) is 5.26 Å². The highest BCUT2D eigenvalue weighted by Gasteiger charge is 2.07. The van der Waals surface area contributed by atoms with Crippen LogP contribution in [0.25, 0.3) is 0 Å². The number of aliphatic hydroxyl groups excluding tert-OH is 1. The zero-order valence-electron chi connectivity index (χ0n) is 5.19. The minimum absolute atomic E-state index is 0.119. The van der Waals surface area contributed by atoms with Crippen LogP contribution in [0.3, 0.4) is 0 Å². The number of hydrogen-bond acceptors (Lipinski definition) is 4. The summed E-state index contributed by atoms with van der Waals surface area (Å²) in [6.45, 7) is 0. The highest BCUT2D eigenvalue weighted by Crippen LogP contribution is 2.17. The van der Waals surface area contributed by atoms with Crippen molar-refractivity contribution in [3.63, 3.8) is 0 Å². The minimum atomic E-state index is -0.704. The number of nitrogens with zero attached hydrogens (tertiary/aromatic N) is 2. The third kappa shape index (κ3) is 1.53. The van der Waals surface area contributed by atoms with Gasteiger partial charge in [0, 0.05) is 11.6 Å². The van der Waals surface area contributed by atoms with Gasteiger partial charge in [-0.05, 0) is 0 Å². The molecule has 0 aromatic carbocycles. The molecule has 52 valence electrons. The summed E-state index contributed by atoms with van der Waals surface area (Å²) in [5.74, 6) is 0. The van der Waals surface area contributed by atoms with Gasteiger partial charge in [-0.25, -0.2) is 4.98 Å². The lowest BCUT2D eigenvalue weighted by molar-refractivity contribution is 0.183. The van der Waals surface area contributed by atoms with E-state index < -0.39 is 6.10 Å². The van der Waals surface area contributed by atoms with Crippen molar-refractivity contribution in [2.45, 2.75) is 12.5 Å². The molecule has 1 N–H and O–H groups in total. The Hall–Kier alpha value is -0.920. The van der Waals surface area contributed by atoms with Gasteiger partial charge in [0.25, 0.3) is 0 Å². The van der Waals surface area contributed by atoms with Crippen molar-refractivity contribution < 1.29 is 5.11 Å². The smallest absolute Gasteiger partial charge is 0.122 e. The molecule has 0 aliphatic heterocycles. The molecule has 1 atom stereocenters. The molecule has 0 radical (unpaired) electrons. The molecular weight excluding hydrogens is 148 g/mol. The van der Waals surface area contributed by atoms with Crippen molar-refractivity contribution in [2.24, 2.45) is 0 Å². The Labute approximate surface area is 62.6 Å². The zero-order chi connectivity index (χ0) is 7.40. The normalized spacial score (nSPS) is 12.4. The van der Waals surface area contributed by atoms with Crippen LogP contribution in [-0.4, -0.2) is 10.1 Å². The lowest BCUT2D eigenvalue weighted by Crippen LogP contribution is -1.93. The van der Waals surface area contributed by atoms with E-state index in [1.54, 1.807) is 11.6 Å². The Balaban J connectivity index is 2.61. The van der Waals surface area contributed by atoms with E-state index >= 15 is 0 Å². The van der Waals surface area contributed by atoms with Crippen LogP contribution in [0.5, 0.6) is 0 Å². The summed E-state index contributed by atoms with van der Waals surface area (Å²) in [4.78, 5) is 3.85. The maximum Gasteiger partial charge on any atom is 0.122 e. The summed E-state index contributed by atoms with van der Waals surface area (Å²) in [6.07, 6.45) is 1.03. The quantitative estimate of drug-likeness (QED) is 0.693. The summed E-state index contributed by atoms with van der Waals surface area (Å²) in [5.41, 5.74) is 0. The zero-order valence-corrected chi connectivity index (χ0v) is 6.01. The van der Waals surface area contributed by atoms with Crippen LogP contribution in [0.4, 0.5) is 0 Å². The second-order valence-electron chi connectivity index (χ2n) is 1.75. The third-order valence-corrected chi connectivity index (χ3v) is 1.90. The monoisotopic (exact) mass is 154 g/mol. The predicted molar refractivity (Wildman–Crippen MR) is 37.3 cm³/mol. The van der Waals surface area contributed by atoms with Gasteiger partial charge in [-0.3, -0.25) is 0 Å². The lowest BCUT2D eigenvalue weighted by Gasteiger charge is -1.98. The standard InChI is InChI=1S/C6H6N2OS/c7-2-1-5(9)6-8-3-4-10-6/h3-5,9H,1H2. The first-order chi connectivity index (χ1) is 4.84. The van der Waals surface area contributed by atoms with Crippen molar-refractivity contribution in [1.82, 2.24) is 4.98 Å². The fourth-order valence-electron chi connectivity index (χ4n) is 0.573. The van der Waals surface area contributed by atoms with E-state index in [2.05, 4.69) is 4.98 Å². The van der Waals surface area contributed by atoms with Gasteiger partial charge in [-0.2, -0.15) is 5.26 Å². The maximum atomic E-state index is 9.13. The molecule has 0 fully saturated rings. The van der Waals surface area contributed by atoms with E-state index in [0.29, 0.717) is 5.01 Å². The summed E-state index contributed by atoms with van der Waals surface area (Å²) in [7, 11) is 0. The summed E-state index contributed by atoms with van der Waals surface area (Å²) >= 11 is 1.36. The fourth-order valence-corrected chi connectivity index (χ4v) is 1.20. The van der Waals surface area contributed by atoms with E-state index in [9.17, 15) is 0 Å². The van der Waals surface area contributed by atoms with Crippen molar-refractivity contribution in [3.05, 3.63) is 16.6 Å². The van der Waals surface area contributed by atoms with E-state index in [4.69, 9.17) is 10.4 Å². The van der Waals surface area contributed by atoms with Gasteiger partial charge in [0.15, 0.2) is 0 Å². The molecular formula is C6H6N2OS. The average Bonchev–Trinajstić information content (AvgIpc) is 2.38. The van der Waals surface area contributed by atoms with E-state index in [0.717, 1.165) is 0 Å². The number of nitriles is 1. The number of aromatic nitrogens is 1. The maximum absolute atomic E-state index is 9.13. The Morgan fingerprint density at radius 2 is 2.70 bits per heavy atom. The van der Waals surface area contributed by atoms with Gasteiger partial charge in [0.2, 0.25) is 0 Å². The Bertz CT molecular complexity index is 226. The Morgan fingerprint density at radius 3 is 3.20 bits per heavy atom. The van der Waals surface area contributed by atoms with Crippen LogP contribution in [0.2, 0.25) is 0 Å². The highest BCUT2D eigenvalue weighted by molar-refractivity contribution is 7.09. The van der Waals surface area contributed by atoms with Gasteiger partial charge in [-0.15, -0.1) is 11.3 Å². The fraction of sp³-hybridized carbons (Fsp3) is 0.333. The van der Waals surface area contributed by atoms with Crippen LogP contribution in [0.1, 0.15) is 17.5 Å². The van der Waals surface area contributed by atoms with Gasteiger partial charge < -0.3 is 5.11 Å². The molecule has 0 saturated carbocycles. The van der Waals surface area contributed by atoms with Crippen LogP contribution in [0, 0.1) is 11.3 Å². The topological polar surface area (TPSA) is 56.9 Å². The summed E-state index contributed by atoms with van der Waals surface area (Å²) < 4.78 is 0. The van der Waals surface area contributed by atoms with E-state index in [1.807, 2.05) is 6.07 Å². The Morgan fingerprint density at radius 1 is 1.90 bits per heavy atom. The molecule has 1 aromatic heterocycles. The molecule has 0 aliphatic carbocycles. The molecule has 0 aliphatic rings. The third-order valence-electron chi connectivity index (χ3n) is 1.02. The first-order valence-corrected chi connectivity index (χ1v) is 3.67. The largest absolute Gasteiger partial charge is 0.385 e. The number of aliphatic hydroxyl groups is 1.